The highest BCUT2D eigenvalue weighted by atomic mass is 19.1. The molecule has 0 bridgehead atoms. The van der Waals surface area contributed by atoms with Gasteiger partial charge in [-0.15, -0.1) is 0 Å². The average Bonchev–Trinajstić information content (AvgIpc) is 3.42. The summed E-state index contributed by atoms with van der Waals surface area (Å²) in [6.07, 6.45) is 5.25. The normalized spacial score (nSPS) is 16.7. The molecule has 1 aliphatic rings. The Labute approximate surface area is 168 Å². The second kappa shape index (κ2) is 8.45. The lowest BCUT2D eigenvalue weighted by atomic mass is 10.1. The van der Waals surface area contributed by atoms with Crippen LogP contribution >= 0.6 is 0 Å². The number of aromatic nitrogens is 2. The van der Waals surface area contributed by atoms with Crippen LogP contribution in [0.2, 0.25) is 0 Å². The summed E-state index contributed by atoms with van der Waals surface area (Å²) < 4.78 is 21.1. The number of methoxy groups -OCH3 is 1. The molecule has 7 heteroatoms. The number of nitrogens with one attached hydrogen (secondary N) is 1. The molecule has 1 aliphatic heterocycles. The van der Waals surface area contributed by atoms with Gasteiger partial charge in [-0.2, -0.15) is 5.10 Å². The fraction of sp³-hybridized carbons (Fsp3) is 0.273. The van der Waals surface area contributed by atoms with E-state index in [0.717, 1.165) is 30.8 Å². The van der Waals surface area contributed by atoms with Crippen molar-refractivity contribution in [3.63, 3.8) is 0 Å². The van der Waals surface area contributed by atoms with Crippen LogP contribution in [0.1, 0.15) is 18.4 Å². The summed E-state index contributed by atoms with van der Waals surface area (Å²) in [6.45, 7) is 1.16. The molecular formula is C22H23FN4O2. The van der Waals surface area contributed by atoms with Crippen molar-refractivity contribution in [3.05, 3.63) is 72.3 Å². The first-order valence-electron chi connectivity index (χ1n) is 9.61. The van der Waals surface area contributed by atoms with Crippen molar-refractivity contribution in [1.82, 2.24) is 14.7 Å². The molecule has 3 aromatic rings. The third-order valence-electron chi connectivity index (χ3n) is 5.20. The van der Waals surface area contributed by atoms with Gasteiger partial charge in [-0.1, -0.05) is 6.07 Å². The third-order valence-corrected chi connectivity index (χ3v) is 5.20. The van der Waals surface area contributed by atoms with Crippen molar-refractivity contribution in [1.29, 1.82) is 0 Å². The zero-order valence-corrected chi connectivity index (χ0v) is 16.2. The van der Waals surface area contributed by atoms with Crippen LogP contribution in [0.3, 0.4) is 0 Å². The number of hydrogen-bond acceptors (Lipinski definition) is 4. The minimum Gasteiger partial charge on any atom is -0.497 e. The van der Waals surface area contributed by atoms with Crippen molar-refractivity contribution in [3.8, 4) is 11.4 Å². The highest BCUT2D eigenvalue weighted by Crippen LogP contribution is 2.24. The third kappa shape index (κ3) is 4.30. The molecule has 2 aromatic carbocycles. The van der Waals surface area contributed by atoms with Gasteiger partial charge in [0.15, 0.2) is 0 Å². The maximum atomic E-state index is 14.3. The fourth-order valence-corrected chi connectivity index (χ4v) is 3.66. The van der Waals surface area contributed by atoms with E-state index in [1.165, 1.54) is 13.2 Å². The van der Waals surface area contributed by atoms with Crippen LogP contribution < -0.4 is 10.1 Å². The van der Waals surface area contributed by atoms with Crippen LogP contribution in [0.4, 0.5) is 10.1 Å². The molecule has 1 atom stereocenters. The molecule has 0 saturated carbocycles. The Bertz CT molecular complexity index is 973. The number of rotatable bonds is 6. The number of carbonyl (C=O) groups excluding carboxylic acids is 1. The maximum Gasteiger partial charge on any atom is 0.241 e. The lowest BCUT2D eigenvalue weighted by molar-refractivity contribution is -0.120. The largest absolute Gasteiger partial charge is 0.497 e. The van der Waals surface area contributed by atoms with Crippen LogP contribution in [0, 0.1) is 5.82 Å². The first-order valence-corrected chi connectivity index (χ1v) is 9.61. The van der Waals surface area contributed by atoms with E-state index >= 15 is 0 Å². The van der Waals surface area contributed by atoms with Gasteiger partial charge in [-0.3, -0.25) is 9.69 Å². The number of amides is 1. The quantitative estimate of drug-likeness (QED) is 0.694. The molecule has 150 valence electrons. The predicted octanol–water partition coefficient (Wildman–Crippen LogP) is 3.62. The van der Waals surface area contributed by atoms with Crippen LogP contribution in [0.25, 0.3) is 5.69 Å². The summed E-state index contributed by atoms with van der Waals surface area (Å²) >= 11 is 0. The SMILES string of the molecule is COc1ccc(CN2CCC[C@@H]2C(=O)Nc2ccc(-n3cccn3)cc2)c(F)c1. The Balaban J connectivity index is 1.41. The van der Waals surface area contributed by atoms with Crippen molar-refractivity contribution < 1.29 is 13.9 Å². The maximum absolute atomic E-state index is 14.3. The molecule has 29 heavy (non-hydrogen) atoms. The van der Waals surface area contributed by atoms with Gasteiger partial charge in [-0.25, -0.2) is 9.07 Å². The highest BCUT2D eigenvalue weighted by molar-refractivity contribution is 5.95. The second-order valence-corrected chi connectivity index (χ2v) is 7.07. The first kappa shape index (κ1) is 19.1. The Morgan fingerprint density at radius 2 is 2.10 bits per heavy atom. The van der Waals surface area contributed by atoms with Gasteiger partial charge in [-0.05, 0) is 55.8 Å². The van der Waals surface area contributed by atoms with Gasteiger partial charge in [0.05, 0.1) is 18.8 Å². The molecule has 1 aromatic heterocycles. The standard InChI is InChI=1S/C22H23FN4O2/c1-29-19-10-5-16(20(23)14-19)15-26-12-2-4-21(26)22(28)25-17-6-8-18(9-7-17)27-13-3-11-24-27/h3,5-11,13-14,21H,2,4,12,15H2,1H3,(H,25,28)/t21-/m1/s1. The van der Waals surface area contributed by atoms with E-state index in [-0.39, 0.29) is 17.8 Å². The van der Waals surface area contributed by atoms with Gasteiger partial charge in [0.25, 0.3) is 0 Å². The molecule has 0 aliphatic carbocycles. The van der Waals surface area contributed by atoms with E-state index in [2.05, 4.69) is 10.4 Å². The molecule has 2 heterocycles. The lowest BCUT2D eigenvalue weighted by Crippen LogP contribution is -2.39. The Morgan fingerprint density at radius 3 is 2.79 bits per heavy atom. The molecule has 0 unspecified atom stereocenters. The summed E-state index contributed by atoms with van der Waals surface area (Å²) in [4.78, 5) is 14.9. The lowest BCUT2D eigenvalue weighted by Gasteiger charge is -2.24. The highest BCUT2D eigenvalue weighted by Gasteiger charge is 2.31. The number of hydrogen-bond donors (Lipinski definition) is 1. The van der Waals surface area contributed by atoms with Crippen LogP contribution in [-0.2, 0) is 11.3 Å². The molecule has 0 spiro atoms. The molecular weight excluding hydrogens is 371 g/mol. The minimum absolute atomic E-state index is 0.0664. The van der Waals surface area contributed by atoms with Crippen LogP contribution in [0.5, 0.6) is 5.75 Å². The zero-order valence-electron chi connectivity index (χ0n) is 16.2. The van der Waals surface area contributed by atoms with Gasteiger partial charge < -0.3 is 10.1 Å². The van der Waals surface area contributed by atoms with Crippen molar-refractivity contribution >= 4 is 11.6 Å². The molecule has 1 fully saturated rings. The van der Waals surface area contributed by atoms with E-state index < -0.39 is 0 Å². The molecule has 4 rings (SSSR count). The van der Waals surface area contributed by atoms with E-state index in [1.54, 1.807) is 23.0 Å². The minimum atomic E-state index is -0.315. The van der Waals surface area contributed by atoms with Crippen molar-refractivity contribution in [2.45, 2.75) is 25.4 Å². The topological polar surface area (TPSA) is 59.4 Å². The summed E-state index contributed by atoms with van der Waals surface area (Å²) in [5, 5.41) is 7.17. The van der Waals surface area contributed by atoms with Gasteiger partial charge in [0, 0.05) is 36.3 Å². The molecule has 1 amide bonds. The van der Waals surface area contributed by atoms with Gasteiger partial charge in [0.2, 0.25) is 5.91 Å². The summed E-state index contributed by atoms with van der Waals surface area (Å²) in [5.41, 5.74) is 2.22. The van der Waals surface area contributed by atoms with Crippen LogP contribution in [-0.4, -0.2) is 40.3 Å². The Hall–Kier alpha value is -3.19. The average molecular weight is 394 g/mol. The second-order valence-electron chi connectivity index (χ2n) is 7.07. The number of carbonyl (C=O) groups is 1. The smallest absolute Gasteiger partial charge is 0.241 e. The van der Waals surface area contributed by atoms with Crippen LogP contribution in [0.15, 0.2) is 60.9 Å². The number of nitrogens with zero attached hydrogens (tertiary/aromatic N) is 3. The summed E-state index contributed by atoms with van der Waals surface area (Å²) in [7, 11) is 1.51. The number of halogens is 1. The van der Waals surface area contributed by atoms with Crippen molar-refractivity contribution in [2.24, 2.45) is 0 Å². The van der Waals surface area contributed by atoms with E-state index in [9.17, 15) is 9.18 Å². The zero-order chi connectivity index (χ0) is 20.2. The molecule has 0 radical (unpaired) electrons. The number of ether oxygens (including phenoxy) is 1. The molecule has 1 saturated heterocycles. The van der Waals surface area contributed by atoms with Gasteiger partial charge in [0.1, 0.15) is 11.6 Å². The fourth-order valence-electron chi connectivity index (χ4n) is 3.66. The number of benzene rings is 2. The summed E-state index contributed by atoms with van der Waals surface area (Å²) in [5.74, 6) is 0.105. The monoisotopic (exact) mass is 394 g/mol. The summed E-state index contributed by atoms with van der Waals surface area (Å²) in [6, 6.07) is 13.9. The van der Waals surface area contributed by atoms with E-state index in [4.69, 9.17) is 4.74 Å². The Morgan fingerprint density at radius 1 is 1.28 bits per heavy atom. The van der Waals surface area contributed by atoms with Crippen molar-refractivity contribution in [2.75, 3.05) is 19.0 Å². The predicted molar refractivity (Wildman–Crippen MR) is 109 cm³/mol. The number of likely N-dealkylation sites (tertiary alicyclic amines) is 1. The number of anilines is 1. The first-order chi connectivity index (χ1) is 14.1. The molecule has 6 nitrogen and oxygen atoms in total. The molecule has 1 N–H and O–H groups in total. The van der Waals surface area contributed by atoms with E-state index in [1.807, 2.05) is 41.4 Å². The van der Waals surface area contributed by atoms with Gasteiger partial charge >= 0.3 is 0 Å². The Kier molecular flexibility index (Phi) is 5.57. The van der Waals surface area contributed by atoms with E-state index in [0.29, 0.717) is 17.9 Å².